The Morgan fingerprint density at radius 3 is 2.39 bits per heavy atom. The zero-order chi connectivity index (χ0) is 31.3. The number of carbonyl (C=O) groups excluding carboxylic acids is 3. The summed E-state index contributed by atoms with van der Waals surface area (Å²) in [4.78, 5) is 63.4. The molecule has 1 aliphatic carbocycles. The fourth-order valence-corrected chi connectivity index (χ4v) is 6.59. The Balaban J connectivity index is 1.46. The van der Waals surface area contributed by atoms with Gasteiger partial charge < -0.3 is 25.0 Å². The van der Waals surface area contributed by atoms with E-state index < -0.39 is 24.0 Å². The van der Waals surface area contributed by atoms with Crippen molar-refractivity contribution in [2.45, 2.75) is 87.4 Å². The monoisotopic (exact) mass is 625 g/mol. The van der Waals surface area contributed by atoms with Crippen LogP contribution in [-0.2, 0) is 14.3 Å². The molecule has 0 bridgehead atoms. The molecule has 44 heavy (non-hydrogen) atoms. The standard InChI is InChI=1S/C32H43N5O6S/c1-2-3-10-21-43-32(42)37-19-17-36(18-20-37)31(41)25(15-16-28(38)39)34-30(40)26-22-27(44-24-13-8-5-9-14-24)35-29(33-26)23-11-6-4-7-12-23/h4,6-7,11-12,22,24-25H,2-3,5,8-10,13-21H2,1H3,(H,34,40)(H,38,39)/t25-/m0/s1. The summed E-state index contributed by atoms with van der Waals surface area (Å²) in [6.45, 7) is 3.56. The van der Waals surface area contributed by atoms with Crippen molar-refractivity contribution < 1.29 is 29.0 Å². The molecule has 1 aromatic heterocycles. The molecule has 2 aromatic rings. The summed E-state index contributed by atoms with van der Waals surface area (Å²) < 4.78 is 5.34. The van der Waals surface area contributed by atoms with Gasteiger partial charge in [0.1, 0.15) is 16.8 Å². The first-order valence-electron chi connectivity index (χ1n) is 15.7. The molecule has 3 amide bonds. The summed E-state index contributed by atoms with van der Waals surface area (Å²) in [6.07, 6.45) is 7.82. The first-order chi connectivity index (χ1) is 21.3. The molecule has 4 rings (SSSR count). The van der Waals surface area contributed by atoms with Crippen molar-refractivity contribution >= 4 is 35.6 Å². The maximum absolute atomic E-state index is 13.6. The number of hydrogen-bond donors (Lipinski definition) is 2. The molecular weight excluding hydrogens is 582 g/mol. The van der Waals surface area contributed by atoms with Crippen molar-refractivity contribution in [3.63, 3.8) is 0 Å². The quantitative estimate of drug-likeness (QED) is 0.232. The Labute approximate surface area is 263 Å². The molecular formula is C32H43N5O6S. The van der Waals surface area contributed by atoms with Gasteiger partial charge in [0.2, 0.25) is 5.91 Å². The summed E-state index contributed by atoms with van der Waals surface area (Å²) in [5, 5.41) is 13.2. The predicted octanol–water partition coefficient (Wildman–Crippen LogP) is 5.00. The number of aliphatic carboxylic acids is 1. The van der Waals surface area contributed by atoms with E-state index in [1.165, 1.54) is 19.3 Å². The smallest absolute Gasteiger partial charge is 0.409 e. The molecule has 1 saturated carbocycles. The number of amides is 3. The van der Waals surface area contributed by atoms with Gasteiger partial charge >= 0.3 is 12.1 Å². The molecule has 2 fully saturated rings. The van der Waals surface area contributed by atoms with Gasteiger partial charge in [0.05, 0.1) is 6.61 Å². The number of carboxylic acids is 1. The molecule has 1 atom stereocenters. The fraction of sp³-hybridized carbons (Fsp3) is 0.562. The minimum Gasteiger partial charge on any atom is -0.481 e. The number of benzene rings is 1. The number of nitrogens with one attached hydrogen (secondary N) is 1. The van der Waals surface area contributed by atoms with Gasteiger partial charge in [0.25, 0.3) is 5.91 Å². The number of carbonyl (C=O) groups is 4. The van der Waals surface area contributed by atoms with Crippen LogP contribution < -0.4 is 5.32 Å². The van der Waals surface area contributed by atoms with Crippen LogP contribution in [0.15, 0.2) is 41.4 Å². The molecule has 238 valence electrons. The molecule has 12 heteroatoms. The molecule has 1 saturated heterocycles. The van der Waals surface area contributed by atoms with E-state index >= 15 is 0 Å². The van der Waals surface area contributed by atoms with E-state index in [4.69, 9.17) is 9.72 Å². The van der Waals surface area contributed by atoms with Crippen LogP contribution in [0.1, 0.15) is 81.6 Å². The Morgan fingerprint density at radius 2 is 1.70 bits per heavy atom. The average molecular weight is 626 g/mol. The Kier molecular flexibility index (Phi) is 12.8. The van der Waals surface area contributed by atoms with Crippen molar-refractivity contribution in [2.75, 3.05) is 32.8 Å². The molecule has 1 aromatic carbocycles. The normalized spacial score (nSPS) is 16.3. The van der Waals surface area contributed by atoms with Crippen LogP contribution in [0.3, 0.4) is 0 Å². The maximum Gasteiger partial charge on any atom is 0.409 e. The molecule has 0 spiro atoms. The number of carboxylic acid groups (broad SMARTS) is 1. The van der Waals surface area contributed by atoms with Crippen LogP contribution in [0.2, 0.25) is 0 Å². The van der Waals surface area contributed by atoms with E-state index in [1.54, 1.807) is 27.6 Å². The van der Waals surface area contributed by atoms with E-state index in [2.05, 4.69) is 17.2 Å². The zero-order valence-corrected chi connectivity index (χ0v) is 26.2. The second kappa shape index (κ2) is 17.0. The van der Waals surface area contributed by atoms with Crippen molar-refractivity contribution in [1.29, 1.82) is 0 Å². The van der Waals surface area contributed by atoms with Gasteiger partial charge in [-0.1, -0.05) is 69.4 Å². The summed E-state index contributed by atoms with van der Waals surface area (Å²) in [7, 11) is 0. The van der Waals surface area contributed by atoms with Crippen LogP contribution >= 0.6 is 11.8 Å². The summed E-state index contributed by atoms with van der Waals surface area (Å²) in [6, 6.07) is 10.0. The summed E-state index contributed by atoms with van der Waals surface area (Å²) >= 11 is 1.65. The highest BCUT2D eigenvalue weighted by Gasteiger charge is 2.31. The van der Waals surface area contributed by atoms with E-state index in [-0.39, 0.29) is 37.5 Å². The van der Waals surface area contributed by atoms with Crippen molar-refractivity contribution in [3.8, 4) is 11.4 Å². The molecule has 0 radical (unpaired) electrons. The summed E-state index contributed by atoms with van der Waals surface area (Å²) in [5.74, 6) is -1.59. The van der Waals surface area contributed by atoms with Crippen LogP contribution in [0.5, 0.6) is 0 Å². The maximum atomic E-state index is 13.6. The second-order valence-corrected chi connectivity index (χ2v) is 12.6. The Hall–Kier alpha value is -3.67. The number of nitrogens with zero attached hydrogens (tertiary/aromatic N) is 4. The topological polar surface area (TPSA) is 142 Å². The van der Waals surface area contributed by atoms with E-state index in [1.807, 2.05) is 30.3 Å². The SMILES string of the molecule is CCCCCOC(=O)N1CCN(C(=O)[C@H](CCC(=O)O)NC(=O)c2cc(SC3CCCCC3)nc(-c3ccccc3)n2)CC1. The zero-order valence-electron chi connectivity index (χ0n) is 25.4. The lowest BCUT2D eigenvalue weighted by atomic mass is 10.0. The highest BCUT2D eigenvalue weighted by molar-refractivity contribution is 7.99. The van der Waals surface area contributed by atoms with E-state index in [0.29, 0.717) is 35.8 Å². The number of piperazine rings is 1. The largest absolute Gasteiger partial charge is 0.481 e. The van der Waals surface area contributed by atoms with Gasteiger partial charge in [-0.25, -0.2) is 14.8 Å². The number of hydrogen-bond acceptors (Lipinski definition) is 8. The molecule has 2 heterocycles. The minimum absolute atomic E-state index is 0.0695. The Morgan fingerprint density at radius 1 is 1.00 bits per heavy atom. The third kappa shape index (κ3) is 9.93. The minimum atomic E-state index is -1.06. The molecule has 1 aliphatic heterocycles. The lowest BCUT2D eigenvalue weighted by molar-refractivity contribution is -0.138. The number of aromatic nitrogens is 2. The van der Waals surface area contributed by atoms with Gasteiger partial charge in [-0.3, -0.25) is 14.4 Å². The highest BCUT2D eigenvalue weighted by Crippen LogP contribution is 2.33. The van der Waals surface area contributed by atoms with E-state index in [9.17, 15) is 24.3 Å². The third-order valence-corrected chi connectivity index (χ3v) is 9.14. The third-order valence-electron chi connectivity index (χ3n) is 7.88. The number of rotatable bonds is 13. The highest BCUT2D eigenvalue weighted by atomic mass is 32.2. The average Bonchev–Trinajstić information content (AvgIpc) is 3.05. The van der Waals surface area contributed by atoms with Crippen LogP contribution in [0.4, 0.5) is 4.79 Å². The molecule has 0 unspecified atom stereocenters. The van der Waals surface area contributed by atoms with Crippen LogP contribution in [0.25, 0.3) is 11.4 Å². The van der Waals surface area contributed by atoms with Gasteiger partial charge in [0, 0.05) is 49.5 Å². The van der Waals surface area contributed by atoms with Gasteiger partial charge in [-0.2, -0.15) is 0 Å². The Bertz CT molecular complexity index is 1270. The van der Waals surface area contributed by atoms with Crippen molar-refractivity contribution in [1.82, 2.24) is 25.1 Å². The molecule has 11 nitrogen and oxygen atoms in total. The lowest BCUT2D eigenvalue weighted by Crippen LogP contribution is -2.56. The van der Waals surface area contributed by atoms with Crippen LogP contribution in [0, 0.1) is 0 Å². The molecule has 2 N–H and O–H groups in total. The van der Waals surface area contributed by atoms with Gasteiger partial charge in [-0.15, -0.1) is 11.8 Å². The van der Waals surface area contributed by atoms with Crippen molar-refractivity contribution in [2.24, 2.45) is 0 Å². The molecule has 2 aliphatic rings. The first kappa shape index (κ1) is 33.2. The van der Waals surface area contributed by atoms with Gasteiger partial charge in [0.15, 0.2) is 5.82 Å². The predicted molar refractivity (Wildman–Crippen MR) is 167 cm³/mol. The van der Waals surface area contributed by atoms with Crippen molar-refractivity contribution in [3.05, 3.63) is 42.1 Å². The second-order valence-electron chi connectivity index (χ2n) is 11.3. The van der Waals surface area contributed by atoms with Crippen LogP contribution in [-0.4, -0.2) is 92.8 Å². The number of unbranched alkanes of at least 4 members (excludes halogenated alkanes) is 2. The van der Waals surface area contributed by atoms with Gasteiger partial charge in [-0.05, 0) is 25.7 Å². The van der Waals surface area contributed by atoms with E-state index in [0.717, 1.165) is 37.7 Å². The first-order valence-corrected chi connectivity index (χ1v) is 16.6. The lowest BCUT2D eigenvalue weighted by Gasteiger charge is -2.36. The fourth-order valence-electron chi connectivity index (χ4n) is 5.36. The summed E-state index contributed by atoms with van der Waals surface area (Å²) in [5.41, 5.74) is 0.897. The number of thioether (sulfide) groups is 1. The number of ether oxygens (including phenoxy) is 1.